The van der Waals surface area contributed by atoms with Crippen LogP contribution < -0.4 is 9.47 Å². The Hall–Kier alpha value is -2.97. The summed E-state index contributed by atoms with van der Waals surface area (Å²) >= 11 is 7.70. The number of likely N-dealkylation sites (N-methyl/N-ethyl adjacent to an activating group) is 1. The van der Waals surface area contributed by atoms with Crippen molar-refractivity contribution >= 4 is 46.5 Å². The lowest BCUT2D eigenvalue weighted by Gasteiger charge is -2.14. The maximum atomic E-state index is 12.3. The van der Waals surface area contributed by atoms with Crippen LogP contribution in [0.25, 0.3) is 6.08 Å². The number of carboxylic acids is 1. The lowest BCUT2D eigenvalue weighted by molar-refractivity contribution is -0.121. The second kappa shape index (κ2) is 9.23. The van der Waals surface area contributed by atoms with Crippen molar-refractivity contribution in [1.82, 2.24) is 4.90 Å². The number of hydrogen-bond acceptors (Lipinski definition) is 6. The quantitative estimate of drug-likeness (QED) is 0.670. The molecule has 0 atom stereocenters. The summed E-state index contributed by atoms with van der Waals surface area (Å²) < 4.78 is 11.2. The maximum Gasteiger partial charge on any atom is 0.335 e. The van der Waals surface area contributed by atoms with Crippen molar-refractivity contribution in [2.24, 2.45) is 4.99 Å². The molecule has 0 radical (unpaired) electrons. The van der Waals surface area contributed by atoms with E-state index >= 15 is 0 Å². The van der Waals surface area contributed by atoms with Crippen LogP contribution in [0.1, 0.15) is 21.5 Å². The summed E-state index contributed by atoms with van der Waals surface area (Å²) in [5.74, 6) is -0.341. The molecule has 0 saturated carbocycles. The van der Waals surface area contributed by atoms with Crippen molar-refractivity contribution in [1.29, 1.82) is 0 Å². The molecule has 1 saturated heterocycles. The zero-order chi connectivity index (χ0) is 21.8. The summed E-state index contributed by atoms with van der Waals surface area (Å²) in [6.45, 7) is 0.186. The zero-order valence-corrected chi connectivity index (χ0v) is 18.1. The maximum absolute atomic E-state index is 12.3. The van der Waals surface area contributed by atoms with Crippen LogP contribution in [-0.4, -0.2) is 48.3 Å². The molecule has 1 aliphatic rings. The largest absolute Gasteiger partial charge is 0.493 e. The van der Waals surface area contributed by atoms with Gasteiger partial charge in [-0.2, -0.15) is 0 Å². The Morgan fingerprint density at radius 3 is 2.57 bits per heavy atom. The monoisotopic (exact) mass is 446 g/mol. The SMILES string of the molecule is CN=C1S/C(=C\c2cc(Cl)c(OCc3ccc(C(=O)O)cc3)c(OC)c2)C(=O)N1C. The standard InChI is InChI=1S/C21H19ClN2O5S/c1-23-21-24(2)19(25)17(30-21)10-13-8-15(22)18(16(9-13)28-3)29-11-12-4-6-14(7-5-12)20(26)27/h4-10H,11H2,1-3H3,(H,26,27)/b17-10-,23-21?. The Balaban J connectivity index is 1.81. The van der Waals surface area contributed by atoms with E-state index in [4.69, 9.17) is 26.2 Å². The molecule has 3 rings (SSSR count). The molecule has 1 N–H and O–H groups in total. The van der Waals surface area contributed by atoms with Gasteiger partial charge in [-0.1, -0.05) is 23.7 Å². The molecule has 0 unspecified atom stereocenters. The van der Waals surface area contributed by atoms with Crippen LogP contribution >= 0.6 is 23.4 Å². The number of nitrogens with zero attached hydrogens (tertiary/aromatic N) is 2. The number of amidine groups is 1. The number of aliphatic imine (C=N–C) groups is 1. The van der Waals surface area contributed by atoms with Gasteiger partial charge < -0.3 is 14.6 Å². The molecular formula is C21H19ClN2O5S. The summed E-state index contributed by atoms with van der Waals surface area (Å²) in [7, 11) is 4.81. The molecule has 1 aliphatic heterocycles. The predicted molar refractivity (Wildman–Crippen MR) is 117 cm³/mol. The number of ether oxygens (including phenoxy) is 2. The van der Waals surface area contributed by atoms with Gasteiger partial charge in [-0.15, -0.1) is 0 Å². The smallest absolute Gasteiger partial charge is 0.335 e. The first-order valence-electron chi connectivity index (χ1n) is 8.81. The van der Waals surface area contributed by atoms with E-state index in [2.05, 4.69) is 4.99 Å². The molecule has 30 heavy (non-hydrogen) atoms. The molecule has 0 aromatic heterocycles. The zero-order valence-electron chi connectivity index (χ0n) is 16.5. The summed E-state index contributed by atoms with van der Waals surface area (Å²) in [5, 5.41) is 9.93. The van der Waals surface area contributed by atoms with Gasteiger partial charge in [-0.05, 0) is 53.2 Å². The lowest BCUT2D eigenvalue weighted by atomic mass is 10.1. The highest BCUT2D eigenvalue weighted by Crippen LogP contribution is 2.39. The van der Waals surface area contributed by atoms with Gasteiger partial charge in [0.15, 0.2) is 16.7 Å². The van der Waals surface area contributed by atoms with Crippen molar-refractivity contribution in [3.05, 3.63) is 63.0 Å². The second-order valence-electron chi connectivity index (χ2n) is 6.31. The first-order chi connectivity index (χ1) is 14.3. The van der Waals surface area contributed by atoms with E-state index in [1.165, 1.54) is 35.9 Å². The van der Waals surface area contributed by atoms with E-state index in [9.17, 15) is 9.59 Å². The minimum absolute atomic E-state index is 0.138. The third-order valence-electron chi connectivity index (χ3n) is 4.33. The second-order valence-corrected chi connectivity index (χ2v) is 7.72. The number of thioether (sulfide) groups is 1. The third-order valence-corrected chi connectivity index (χ3v) is 5.76. The molecule has 156 valence electrons. The van der Waals surface area contributed by atoms with Gasteiger partial charge >= 0.3 is 5.97 Å². The van der Waals surface area contributed by atoms with Crippen molar-refractivity contribution in [3.63, 3.8) is 0 Å². The van der Waals surface area contributed by atoms with Gasteiger partial charge in [-0.25, -0.2) is 4.79 Å². The minimum Gasteiger partial charge on any atom is -0.493 e. The molecule has 1 amide bonds. The number of rotatable bonds is 6. The van der Waals surface area contributed by atoms with Crippen LogP contribution in [0.15, 0.2) is 46.3 Å². The number of amides is 1. The van der Waals surface area contributed by atoms with Crippen molar-refractivity contribution < 1.29 is 24.2 Å². The molecule has 2 aromatic rings. The Kier molecular flexibility index (Phi) is 6.69. The number of aromatic carboxylic acids is 1. The first kappa shape index (κ1) is 21.7. The molecule has 0 aliphatic carbocycles. The van der Waals surface area contributed by atoms with Gasteiger partial charge in [0.1, 0.15) is 6.61 Å². The van der Waals surface area contributed by atoms with E-state index in [1.54, 1.807) is 44.4 Å². The van der Waals surface area contributed by atoms with E-state index in [0.717, 1.165) is 5.56 Å². The number of carbonyl (C=O) groups excluding carboxylic acids is 1. The van der Waals surface area contributed by atoms with E-state index in [0.29, 0.717) is 32.2 Å². The fourth-order valence-electron chi connectivity index (χ4n) is 2.76. The Labute approximate surface area is 183 Å². The average Bonchev–Trinajstić information content (AvgIpc) is 3.00. The molecule has 2 aromatic carbocycles. The molecule has 9 heteroatoms. The van der Waals surface area contributed by atoms with Gasteiger partial charge in [0, 0.05) is 14.1 Å². The highest BCUT2D eigenvalue weighted by molar-refractivity contribution is 8.18. The van der Waals surface area contributed by atoms with Crippen molar-refractivity contribution in [2.45, 2.75) is 6.61 Å². The average molecular weight is 447 g/mol. The molecule has 1 fully saturated rings. The number of hydrogen-bond donors (Lipinski definition) is 1. The number of halogens is 1. The summed E-state index contributed by atoms with van der Waals surface area (Å²) in [4.78, 5) is 29.4. The molecular weight excluding hydrogens is 428 g/mol. The topological polar surface area (TPSA) is 88.4 Å². The Morgan fingerprint density at radius 1 is 1.30 bits per heavy atom. The molecule has 7 nitrogen and oxygen atoms in total. The summed E-state index contributed by atoms with van der Waals surface area (Å²) in [6.07, 6.45) is 1.73. The highest BCUT2D eigenvalue weighted by atomic mass is 35.5. The van der Waals surface area contributed by atoms with Crippen LogP contribution in [0.3, 0.4) is 0 Å². The number of benzene rings is 2. The fourth-order valence-corrected chi connectivity index (χ4v) is 3.96. The van der Waals surface area contributed by atoms with E-state index in [-0.39, 0.29) is 18.1 Å². The van der Waals surface area contributed by atoms with Crippen LogP contribution in [0.5, 0.6) is 11.5 Å². The van der Waals surface area contributed by atoms with E-state index < -0.39 is 5.97 Å². The highest BCUT2D eigenvalue weighted by Gasteiger charge is 2.29. The van der Waals surface area contributed by atoms with E-state index in [1.807, 2.05) is 0 Å². The fraction of sp³-hybridized carbons (Fsp3) is 0.190. The van der Waals surface area contributed by atoms with Gasteiger partial charge in [0.25, 0.3) is 5.91 Å². The molecule has 0 spiro atoms. The normalized spacial score (nSPS) is 16.4. The molecule has 1 heterocycles. The summed E-state index contributed by atoms with van der Waals surface area (Å²) in [6, 6.07) is 9.79. The Morgan fingerprint density at radius 2 is 2.00 bits per heavy atom. The van der Waals surface area contributed by atoms with Crippen LogP contribution in [0, 0.1) is 0 Å². The van der Waals surface area contributed by atoms with Crippen LogP contribution in [0.4, 0.5) is 0 Å². The van der Waals surface area contributed by atoms with Crippen LogP contribution in [-0.2, 0) is 11.4 Å². The van der Waals surface area contributed by atoms with Crippen molar-refractivity contribution in [3.8, 4) is 11.5 Å². The number of carboxylic acid groups (broad SMARTS) is 1. The third kappa shape index (κ3) is 4.60. The van der Waals surface area contributed by atoms with Gasteiger partial charge in [0.2, 0.25) is 0 Å². The minimum atomic E-state index is -0.987. The Bertz CT molecular complexity index is 1050. The first-order valence-corrected chi connectivity index (χ1v) is 10.0. The predicted octanol–water partition coefficient (Wildman–Crippen LogP) is 4.16. The van der Waals surface area contributed by atoms with Crippen LogP contribution in [0.2, 0.25) is 5.02 Å². The van der Waals surface area contributed by atoms with Gasteiger partial charge in [0.05, 0.1) is 22.6 Å². The lowest BCUT2D eigenvalue weighted by Crippen LogP contribution is -2.23. The van der Waals surface area contributed by atoms with Gasteiger partial charge in [-0.3, -0.25) is 14.7 Å². The number of carbonyl (C=O) groups is 2. The van der Waals surface area contributed by atoms with Crippen molar-refractivity contribution in [2.75, 3.05) is 21.2 Å². The molecule has 0 bridgehead atoms. The number of methoxy groups -OCH3 is 1. The summed E-state index contributed by atoms with van der Waals surface area (Å²) in [5.41, 5.74) is 1.68.